The largest absolute Gasteiger partial charge is 0.508 e. The van der Waals surface area contributed by atoms with Crippen LogP contribution >= 0.6 is 0 Å². The molecule has 0 bridgehead atoms. The fourth-order valence-corrected chi connectivity index (χ4v) is 1.58. The first-order chi connectivity index (χ1) is 8.15. The summed E-state index contributed by atoms with van der Waals surface area (Å²) < 4.78 is 0. The van der Waals surface area contributed by atoms with Crippen LogP contribution < -0.4 is 5.73 Å². The topological polar surface area (TPSA) is 82.1 Å². The van der Waals surface area contributed by atoms with Gasteiger partial charge in [-0.1, -0.05) is 24.2 Å². The zero-order valence-electron chi connectivity index (χ0n) is 10.0. The summed E-state index contributed by atoms with van der Waals surface area (Å²) in [6, 6.07) is 7.18. The standard InChI is InChI=1S/C12H19N3O2/c1-2-15(7-6-12(13)14-17)9-10-4-3-5-11(16)8-10/h3-5,8,16-17H,2,6-7,9H2,1H3,(H2,13,14). The van der Waals surface area contributed by atoms with E-state index in [1.807, 2.05) is 12.1 Å². The van der Waals surface area contributed by atoms with Crippen LogP contribution in [0, 0.1) is 0 Å². The molecule has 0 amide bonds. The zero-order chi connectivity index (χ0) is 12.7. The normalized spacial score (nSPS) is 12.0. The van der Waals surface area contributed by atoms with Gasteiger partial charge in [-0.05, 0) is 24.2 Å². The van der Waals surface area contributed by atoms with Crippen molar-refractivity contribution in [3.63, 3.8) is 0 Å². The first-order valence-corrected chi connectivity index (χ1v) is 5.62. The fraction of sp³-hybridized carbons (Fsp3) is 0.417. The van der Waals surface area contributed by atoms with Crippen LogP contribution in [0.2, 0.25) is 0 Å². The third kappa shape index (κ3) is 4.74. The maximum atomic E-state index is 9.36. The van der Waals surface area contributed by atoms with Crippen molar-refractivity contribution < 1.29 is 10.3 Å². The van der Waals surface area contributed by atoms with Crippen LogP contribution in [-0.2, 0) is 6.54 Å². The molecule has 0 aliphatic rings. The summed E-state index contributed by atoms with van der Waals surface area (Å²) in [5, 5.41) is 20.8. The van der Waals surface area contributed by atoms with Crippen molar-refractivity contribution in [1.82, 2.24) is 4.90 Å². The quantitative estimate of drug-likeness (QED) is 0.302. The van der Waals surface area contributed by atoms with E-state index in [1.165, 1.54) is 0 Å². The summed E-state index contributed by atoms with van der Waals surface area (Å²) in [5.74, 6) is 0.509. The summed E-state index contributed by atoms with van der Waals surface area (Å²) in [6.45, 7) is 4.38. The molecule has 0 heterocycles. The summed E-state index contributed by atoms with van der Waals surface area (Å²) in [7, 11) is 0. The Kier molecular flexibility index (Phi) is 5.29. The van der Waals surface area contributed by atoms with E-state index in [2.05, 4.69) is 17.0 Å². The van der Waals surface area contributed by atoms with Crippen molar-refractivity contribution in [3.8, 4) is 5.75 Å². The van der Waals surface area contributed by atoms with E-state index in [9.17, 15) is 5.11 Å². The molecule has 1 aromatic carbocycles. The summed E-state index contributed by atoms with van der Waals surface area (Å²) in [6.07, 6.45) is 0.531. The summed E-state index contributed by atoms with van der Waals surface area (Å²) >= 11 is 0. The summed E-state index contributed by atoms with van der Waals surface area (Å²) in [5.41, 5.74) is 6.47. The molecule has 0 fully saturated rings. The van der Waals surface area contributed by atoms with E-state index in [-0.39, 0.29) is 11.6 Å². The van der Waals surface area contributed by atoms with Crippen molar-refractivity contribution in [2.75, 3.05) is 13.1 Å². The van der Waals surface area contributed by atoms with E-state index in [0.717, 1.165) is 25.2 Å². The molecular formula is C12H19N3O2. The van der Waals surface area contributed by atoms with E-state index < -0.39 is 0 Å². The number of rotatable bonds is 6. The second kappa shape index (κ2) is 6.75. The third-order valence-electron chi connectivity index (χ3n) is 2.58. The predicted octanol–water partition coefficient (Wildman–Crippen LogP) is 1.35. The molecule has 0 saturated carbocycles. The van der Waals surface area contributed by atoms with E-state index in [4.69, 9.17) is 10.9 Å². The van der Waals surface area contributed by atoms with Gasteiger partial charge in [-0.3, -0.25) is 4.90 Å². The number of hydrogen-bond acceptors (Lipinski definition) is 4. The minimum Gasteiger partial charge on any atom is -0.508 e. The van der Waals surface area contributed by atoms with E-state index in [1.54, 1.807) is 12.1 Å². The van der Waals surface area contributed by atoms with Crippen LogP contribution in [0.15, 0.2) is 29.4 Å². The molecular weight excluding hydrogens is 218 g/mol. The predicted molar refractivity (Wildman–Crippen MR) is 67.1 cm³/mol. The minimum atomic E-state index is 0.236. The van der Waals surface area contributed by atoms with Crippen molar-refractivity contribution in [3.05, 3.63) is 29.8 Å². The maximum Gasteiger partial charge on any atom is 0.140 e. The van der Waals surface area contributed by atoms with Crippen LogP contribution in [-0.4, -0.2) is 34.1 Å². The van der Waals surface area contributed by atoms with Crippen LogP contribution in [0.25, 0.3) is 0 Å². The molecule has 5 nitrogen and oxygen atoms in total. The van der Waals surface area contributed by atoms with Crippen LogP contribution in [0.4, 0.5) is 0 Å². The molecule has 0 radical (unpaired) electrons. The smallest absolute Gasteiger partial charge is 0.140 e. The van der Waals surface area contributed by atoms with Gasteiger partial charge in [-0.2, -0.15) is 0 Å². The Labute approximate surface area is 101 Å². The van der Waals surface area contributed by atoms with Crippen LogP contribution in [0.5, 0.6) is 5.75 Å². The minimum absolute atomic E-state index is 0.236. The van der Waals surface area contributed by atoms with Gasteiger partial charge in [-0.15, -0.1) is 0 Å². The lowest BCUT2D eigenvalue weighted by Gasteiger charge is -2.20. The maximum absolute atomic E-state index is 9.36. The second-order valence-corrected chi connectivity index (χ2v) is 3.88. The number of nitrogens with zero attached hydrogens (tertiary/aromatic N) is 2. The molecule has 0 spiro atoms. The van der Waals surface area contributed by atoms with Gasteiger partial charge in [0.2, 0.25) is 0 Å². The van der Waals surface area contributed by atoms with E-state index >= 15 is 0 Å². The summed E-state index contributed by atoms with van der Waals surface area (Å²) in [4.78, 5) is 2.16. The van der Waals surface area contributed by atoms with Crippen LogP contribution in [0.3, 0.4) is 0 Å². The molecule has 0 unspecified atom stereocenters. The third-order valence-corrected chi connectivity index (χ3v) is 2.58. The molecule has 17 heavy (non-hydrogen) atoms. The number of oxime groups is 1. The highest BCUT2D eigenvalue weighted by molar-refractivity contribution is 5.79. The van der Waals surface area contributed by atoms with Gasteiger partial charge in [0.15, 0.2) is 0 Å². The number of hydrogen-bond donors (Lipinski definition) is 3. The van der Waals surface area contributed by atoms with E-state index in [0.29, 0.717) is 6.42 Å². The van der Waals surface area contributed by atoms with Gasteiger partial charge in [0, 0.05) is 19.5 Å². The molecule has 94 valence electrons. The Morgan fingerprint density at radius 1 is 1.47 bits per heavy atom. The molecule has 0 aromatic heterocycles. The molecule has 0 atom stereocenters. The number of phenolic OH excluding ortho intramolecular Hbond substituents is 1. The Morgan fingerprint density at radius 3 is 2.82 bits per heavy atom. The molecule has 0 saturated heterocycles. The highest BCUT2D eigenvalue weighted by Crippen LogP contribution is 2.12. The van der Waals surface area contributed by atoms with Gasteiger partial charge in [-0.25, -0.2) is 0 Å². The average molecular weight is 237 g/mol. The molecule has 1 rings (SSSR count). The lowest BCUT2D eigenvalue weighted by molar-refractivity contribution is 0.282. The lowest BCUT2D eigenvalue weighted by Crippen LogP contribution is -2.27. The number of amidine groups is 1. The Balaban J connectivity index is 2.52. The zero-order valence-corrected chi connectivity index (χ0v) is 10.0. The number of phenols is 1. The van der Waals surface area contributed by atoms with Crippen molar-refractivity contribution in [1.29, 1.82) is 0 Å². The van der Waals surface area contributed by atoms with Gasteiger partial charge in [0.05, 0.1) is 0 Å². The number of nitrogens with two attached hydrogens (primary N) is 1. The molecule has 0 aliphatic heterocycles. The highest BCUT2D eigenvalue weighted by atomic mass is 16.4. The number of benzene rings is 1. The van der Waals surface area contributed by atoms with Gasteiger partial charge < -0.3 is 16.0 Å². The van der Waals surface area contributed by atoms with Gasteiger partial charge >= 0.3 is 0 Å². The molecule has 5 heteroatoms. The van der Waals surface area contributed by atoms with Crippen molar-refractivity contribution in [2.24, 2.45) is 10.9 Å². The van der Waals surface area contributed by atoms with Crippen LogP contribution in [0.1, 0.15) is 18.9 Å². The van der Waals surface area contributed by atoms with Gasteiger partial charge in [0.25, 0.3) is 0 Å². The fourth-order valence-electron chi connectivity index (χ4n) is 1.58. The highest BCUT2D eigenvalue weighted by Gasteiger charge is 2.05. The lowest BCUT2D eigenvalue weighted by atomic mass is 10.2. The second-order valence-electron chi connectivity index (χ2n) is 3.88. The average Bonchev–Trinajstić information content (AvgIpc) is 2.34. The SMILES string of the molecule is CCN(CCC(N)=NO)Cc1cccc(O)c1. The van der Waals surface area contributed by atoms with Crippen molar-refractivity contribution >= 4 is 5.84 Å². The Bertz CT molecular complexity index is 380. The van der Waals surface area contributed by atoms with Crippen molar-refractivity contribution in [2.45, 2.75) is 19.9 Å². The molecule has 1 aromatic rings. The molecule has 0 aliphatic carbocycles. The van der Waals surface area contributed by atoms with Gasteiger partial charge in [0.1, 0.15) is 11.6 Å². The Hall–Kier alpha value is -1.75. The molecule has 4 N–H and O–H groups in total. The Morgan fingerprint density at radius 2 is 2.24 bits per heavy atom. The first-order valence-electron chi connectivity index (χ1n) is 5.62. The monoisotopic (exact) mass is 237 g/mol. The number of aromatic hydroxyl groups is 1. The first kappa shape index (κ1) is 13.3.